The van der Waals surface area contributed by atoms with Gasteiger partial charge in [-0.05, 0) is 51.1 Å². The third-order valence-electron chi connectivity index (χ3n) is 6.23. The highest BCUT2D eigenvalue weighted by Crippen LogP contribution is 2.28. The Bertz CT molecular complexity index is 949. The average molecular weight is 531 g/mol. The van der Waals surface area contributed by atoms with Gasteiger partial charge >= 0.3 is 18.5 Å². The van der Waals surface area contributed by atoms with Gasteiger partial charge in [0.05, 0.1) is 38.1 Å². The number of rotatable bonds is 11. The summed E-state index contributed by atoms with van der Waals surface area (Å²) < 4.78 is 44.9. The molecule has 1 aromatic rings. The molecule has 0 aromatic heterocycles. The standard InChI is InChI=1S/C23H33F3N6O5/c1-3-30(10-11-32(36-2)22(34)29-15-6-8-27-9-7-15)19-5-4-16(12-18(19)24)31-14-17(37-23(31)35)13-28-21(33)20(25)26/h4-5,12,15,17,20,27H,3,6-11,13-14H2,1-2H3,(H,28,33)(H,29,34)/t17-/m0/s1. The molecule has 37 heavy (non-hydrogen) atoms. The molecule has 2 aliphatic rings. The molecule has 0 bridgehead atoms. The Morgan fingerprint density at radius 2 is 2.00 bits per heavy atom. The number of piperidine rings is 1. The first-order valence-corrected chi connectivity index (χ1v) is 12.1. The van der Waals surface area contributed by atoms with E-state index in [-0.39, 0.29) is 49.6 Å². The first kappa shape index (κ1) is 28.3. The molecule has 2 fully saturated rings. The van der Waals surface area contributed by atoms with Crippen LogP contribution in [0, 0.1) is 5.82 Å². The molecule has 0 saturated carbocycles. The molecule has 0 aliphatic carbocycles. The van der Waals surface area contributed by atoms with E-state index in [0.29, 0.717) is 6.54 Å². The van der Waals surface area contributed by atoms with Crippen molar-refractivity contribution in [1.29, 1.82) is 0 Å². The summed E-state index contributed by atoms with van der Waals surface area (Å²) in [6.45, 7) is 4.12. The number of carbonyl (C=O) groups is 3. The van der Waals surface area contributed by atoms with Crippen molar-refractivity contribution in [3.63, 3.8) is 0 Å². The molecular formula is C23H33F3N6O5. The maximum atomic E-state index is 15.1. The zero-order chi connectivity index (χ0) is 26.9. The summed E-state index contributed by atoms with van der Waals surface area (Å²) in [4.78, 5) is 44.0. The zero-order valence-electron chi connectivity index (χ0n) is 20.8. The Kier molecular flexibility index (Phi) is 10.2. The van der Waals surface area contributed by atoms with E-state index < -0.39 is 30.3 Å². The van der Waals surface area contributed by atoms with Crippen LogP contribution in [0.5, 0.6) is 0 Å². The smallest absolute Gasteiger partial charge is 0.414 e. The number of ether oxygens (including phenoxy) is 1. The zero-order valence-corrected chi connectivity index (χ0v) is 20.8. The number of amides is 4. The molecule has 1 atom stereocenters. The van der Waals surface area contributed by atoms with Crippen molar-refractivity contribution in [2.24, 2.45) is 0 Å². The van der Waals surface area contributed by atoms with Crippen LogP contribution < -0.4 is 25.8 Å². The summed E-state index contributed by atoms with van der Waals surface area (Å²) in [6.07, 6.45) is -3.13. The van der Waals surface area contributed by atoms with Crippen LogP contribution in [0.15, 0.2) is 18.2 Å². The number of benzene rings is 1. The number of hydrogen-bond acceptors (Lipinski definition) is 7. The summed E-state index contributed by atoms with van der Waals surface area (Å²) in [7, 11) is 1.40. The van der Waals surface area contributed by atoms with E-state index in [0.717, 1.165) is 25.9 Å². The van der Waals surface area contributed by atoms with Gasteiger partial charge in [-0.3, -0.25) is 14.5 Å². The van der Waals surface area contributed by atoms with E-state index >= 15 is 4.39 Å². The molecular weight excluding hydrogens is 497 g/mol. The van der Waals surface area contributed by atoms with Gasteiger partial charge in [-0.25, -0.2) is 19.0 Å². The number of anilines is 2. The fourth-order valence-electron chi connectivity index (χ4n) is 4.20. The highest BCUT2D eigenvalue weighted by atomic mass is 19.3. The van der Waals surface area contributed by atoms with Crippen LogP contribution in [0.25, 0.3) is 0 Å². The van der Waals surface area contributed by atoms with Crippen molar-refractivity contribution in [2.45, 2.75) is 38.3 Å². The number of nitrogens with one attached hydrogen (secondary N) is 3. The van der Waals surface area contributed by atoms with Crippen LogP contribution >= 0.6 is 0 Å². The predicted molar refractivity (Wildman–Crippen MR) is 129 cm³/mol. The quantitative estimate of drug-likeness (QED) is 0.373. The third-order valence-corrected chi connectivity index (χ3v) is 6.23. The monoisotopic (exact) mass is 530 g/mol. The average Bonchev–Trinajstić information content (AvgIpc) is 3.26. The molecule has 2 saturated heterocycles. The molecule has 3 rings (SSSR count). The van der Waals surface area contributed by atoms with Crippen LogP contribution in [-0.4, -0.2) is 94.6 Å². The molecule has 0 radical (unpaired) electrons. The van der Waals surface area contributed by atoms with Crippen LogP contribution in [0.1, 0.15) is 19.8 Å². The lowest BCUT2D eigenvalue weighted by Crippen LogP contribution is -2.49. The molecule has 11 nitrogen and oxygen atoms in total. The lowest BCUT2D eigenvalue weighted by Gasteiger charge is -2.30. The summed E-state index contributed by atoms with van der Waals surface area (Å²) in [5.74, 6) is -2.05. The van der Waals surface area contributed by atoms with Gasteiger partial charge in [-0.2, -0.15) is 8.78 Å². The lowest BCUT2D eigenvalue weighted by molar-refractivity contribution is -0.132. The molecule has 0 spiro atoms. The summed E-state index contributed by atoms with van der Waals surface area (Å²) in [5.41, 5.74) is 0.499. The normalized spacial score (nSPS) is 18.1. The highest BCUT2D eigenvalue weighted by Gasteiger charge is 2.33. The number of likely N-dealkylation sites (N-methyl/N-ethyl adjacent to an activating group) is 1. The minimum absolute atomic E-state index is 0.0341. The number of carbonyl (C=O) groups excluding carboxylic acids is 3. The Morgan fingerprint density at radius 1 is 1.27 bits per heavy atom. The van der Waals surface area contributed by atoms with E-state index in [4.69, 9.17) is 9.57 Å². The predicted octanol–water partition coefficient (Wildman–Crippen LogP) is 1.68. The SMILES string of the molecule is CCN(CCN(OC)C(=O)NC1CCNCC1)c1ccc(N2C[C@H](CNC(=O)C(F)F)OC2=O)cc1F. The molecule has 0 unspecified atom stereocenters. The van der Waals surface area contributed by atoms with Gasteiger partial charge in [0.15, 0.2) is 0 Å². The van der Waals surface area contributed by atoms with Gasteiger partial charge in [-0.15, -0.1) is 0 Å². The number of urea groups is 1. The van der Waals surface area contributed by atoms with Crippen molar-refractivity contribution in [3.8, 4) is 0 Å². The first-order valence-electron chi connectivity index (χ1n) is 12.1. The largest absolute Gasteiger partial charge is 0.442 e. The second-order valence-corrected chi connectivity index (χ2v) is 8.64. The van der Waals surface area contributed by atoms with Crippen molar-refractivity contribution in [2.75, 3.05) is 62.7 Å². The van der Waals surface area contributed by atoms with E-state index in [9.17, 15) is 23.2 Å². The highest BCUT2D eigenvalue weighted by molar-refractivity contribution is 5.90. The number of hydroxylamine groups is 2. The number of nitrogens with zero attached hydrogens (tertiary/aromatic N) is 3. The fourth-order valence-corrected chi connectivity index (χ4v) is 4.20. The second-order valence-electron chi connectivity index (χ2n) is 8.64. The van der Waals surface area contributed by atoms with Crippen molar-refractivity contribution in [3.05, 3.63) is 24.0 Å². The van der Waals surface area contributed by atoms with E-state index in [1.807, 2.05) is 12.2 Å². The van der Waals surface area contributed by atoms with E-state index in [1.165, 1.54) is 29.2 Å². The molecule has 2 heterocycles. The molecule has 1 aromatic carbocycles. The summed E-state index contributed by atoms with van der Waals surface area (Å²) in [5, 5.41) is 9.38. The van der Waals surface area contributed by atoms with Crippen LogP contribution in [0.2, 0.25) is 0 Å². The van der Waals surface area contributed by atoms with Crippen molar-refractivity contribution in [1.82, 2.24) is 21.0 Å². The van der Waals surface area contributed by atoms with E-state index in [1.54, 1.807) is 11.0 Å². The number of cyclic esters (lactones) is 1. The van der Waals surface area contributed by atoms with Gasteiger partial charge in [-0.1, -0.05) is 0 Å². The Hall–Kier alpha value is -3.26. The topological polar surface area (TPSA) is 115 Å². The lowest BCUT2D eigenvalue weighted by atomic mass is 10.1. The van der Waals surface area contributed by atoms with Crippen LogP contribution in [0.4, 0.5) is 34.1 Å². The van der Waals surface area contributed by atoms with Gasteiger partial charge < -0.3 is 25.6 Å². The van der Waals surface area contributed by atoms with Gasteiger partial charge in [0.2, 0.25) is 0 Å². The van der Waals surface area contributed by atoms with Crippen LogP contribution in [-0.2, 0) is 14.4 Å². The van der Waals surface area contributed by atoms with Gasteiger partial charge in [0.25, 0.3) is 5.91 Å². The number of halogens is 3. The van der Waals surface area contributed by atoms with Gasteiger partial charge in [0, 0.05) is 19.1 Å². The maximum Gasteiger partial charge on any atom is 0.414 e. The molecule has 4 amide bonds. The Labute approximate surface area is 213 Å². The Balaban J connectivity index is 1.58. The maximum absolute atomic E-state index is 15.1. The van der Waals surface area contributed by atoms with E-state index in [2.05, 4.69) is 10.6 Å². The minimum atomic E-state index is -3.17. The van der Waals surface area contributed by atoms with Crippen molar-refractivity contribution >= 4 is 29.4 Å². The molecule has 2 aliphatic heterocycles. The third kappa shape index (κ3) is 7.61. The van der Waals surface area contributed by atoms with Gasteiger partial charge in [0.1, 0.15) is 11.9 Å². The van der Waals surface area contributed by atoms with Crippen LogP contribution in [0.3, 0.4) is 0 Å². The number of hydrogen-bond donors (Lipinski definition) is 3. The fraction of sp³-hybridized carbons (Fsp3) is 0.609. The molecule has 3 N–H and O–H groups in total. The molecule has 14 heteroatoms. The minimum Gasteiger partial charge on any atom is -0.442 e. The second kappa shape index (κ2) is 13.3. The Morgan fingerprint density at radius 3 is 2.62 bits per heavy atom. The van der Waals surface area contributed by atoms with Crippen molar-refractivity contribution < 1.29 is 37.1 Å². The summed E-state index contributed by atoms with van der Waals surface area (Å²) in [6, 6.07) is 3.95. The molecule has 206 valence electrons. The number of alkyl halides is 2. The summed E-state index contributed by atoms with van der Waals surface area (Å²) >= 11 is 0. The first-order chi connectivity index (χ1) is 17.7.